The quantitative estimate of drug-likeness (QED) is 0.800. The summed E-state index contributed by atoms with van der Waals surface area (Å²) in [5.41, 5.74) is -0.309. The molecule has 1 aromatic carbocycles. The monoisotopic (exact) mass is 431 g/mol. The minimum Gasteiger partial charge on any atom is -0.336 e. The fourth-order valence-corrected chi connectivity index (χ4v) is 3.66. The zero-order chi connectivity index (χ0) is 20.3. The maximum Gasteiger partial charge on any atom is 0.416 e. The van der Waals surface area contributed by atoms with Gasteiger partial charge in [0.25, 0.3) is 5.91 Å². The molecule has 1 N–H and O–H groups in total. The van der Waals surface area contributed by atoms with Crippen LogP contribution in [-0.4, -0.2) is 54.3 Å². The number of carbonyl (C=O) groups excluding carboxylic acids is 2. The summed E-state index contributed by atoms with van der Waals surface area (Å²) in [6.07, 6.45) is -4.52. The first-order valence-corrected chi connectivity index (χ1v) is 9.76. The van der Waals surface area contributed by atoms with E-state index in [0.717, 1.165) is 18.2 Å². The van der Waals surface area contributed by atoms with Gasteiger partial charge in [-0.05, 0) is 29.6 Å². The van der Waals surface area contributed by atoms with Crippen LogP contribution in [0.15, 0.2) is 35.0 Å². The Balaban J connectivity index is 1.53. The van der Waals surface area contributed by atoms with Crippen LogP contribution in [0.5, 0.6) is 0 Å². The van der Waals surface area contributed by atoms with Crippen molar-refractivity contribution in [3.63, 3.8) is 0 Å². The lowest BCUT2D eigenvalue weighted by Crippen LogP contribution is -2.50. The van der Waals surface area contributed by atoms with E-state index in [-0.39, 0.29) is 23.2 Å². The summed E-state index contributed by atoms with van der Waals surface area (Å²) >= 11 is 7.35. The minimum absolute atomic E-state index is 0.00700. The Morgan fingerprint density at radius 2 is 1.86 bits per heavy atom. The van der Waals surface area contributed by atoms with Gasteiger partial charge in [0, 0.05) is 31.6 Å². The number of carbonyl (C=O) groups is 2. The van der Waals surface area contributed by atoms with Gasteiger partial charge >= 0.3 is 6.18 Å². The van der Waals surface area contributed by atoms with Crippen LogP contribution in [-0.2, 0) is 11.0 Å². The van der Waals surface area contributed by atoms with Crippen molar-refractivity contribution in [2.75, 3.05) is 38.0 Å². The van der Waals surface area contributed by atoms with Gasteiger partial charge in [-0.1, -0.05) is 11.6 Å². The van der Waals surface area contributed by atoms with Gasteiger partial charge in [-0.3, -0.25) is 14.5 Å². The molecule has 3 rings (SSSR count). The summed E-state index contributed by atoms with van der Waals surface area (Å²) in [7, 11) is 0. The molecule has 0 radical (unpaired) electrons. The standard InChI is InChI=1S/C18H17ClF3N3O2S/c19-14-2-1-13(18(20,21)22)9-15(14)23-16(26)10-24-4-6-25(7-5-24)17(27)12-3-8-28-11-12/h1-3,8-9,11H,4-7,10H2,(H,23,26). The third-order valence-corrected chi connectivity index (χ3v) is 5.38. The van der Waals surface area contributed by atoms with Gasteiger partial charge in [-0.2, -0.15) is 24.5 Å². The highest BCUT2D eigenvalue weighted by Crippen LogP contribution is 2.33. The number of alkyl halides is 3. The fourth-order valence-electron chi connectivity index (χ4n) is 2.87. The third-order valence-electron chi connectivity index (χ3n) is 4.36. The molecule has 5 nitrogen and oxygen atoms in total. The predicted molar refractivity (Wildman–Crippen MR) is 102 cm³/mol. The number of hydrogen-bond acceptors (Lipinski definition) is 4. The Morgan fingerprint density at radius 3 is 2.46 bits per heavy atom. The van der Waals surface area contributed by atoms with Gasteiger partial charge < -0.3 is 10.2 Å². The van der Waals surface area contributed by atoms with Crippen LogP contribution in [0, 0.1) is 0 Å². The molecule has 0 saturated carbocycles. The number of rotatable bonds is 4. The van der Waals surface area contributed by atoms with Crippen LogP contribution in [0.4, 0.5) is 18.9 Å². The first-order valence-electron chi connectivity index (χ1n) is 8.44. The normalized spacial score (nSPS) is 15.5. The van der Waals surface area contributed by atoms with Crippen molar-refractivity contribution in [1.29, 1.82) is 0 Å². The zero-order valence-corrected chi connectivity index (χ0v) is 16.2. The largest absolute Gasteiger partial charge is 0.416 e. The van der Waals surface area contributed by atoms with Crippen molar-refractivity contribution in [1.82, 2.24) is 9.80 Å². The number of benzene rings is 1. The molecule has 0 aliphatic carbocycles. The highest BCUT2D eigenvalue weighted by Gasteiger charge is 2.31. The molecular formula is C18H17ClF3N3O2S. The summed E-state index contributed by atoms with van der Waals surface area (Å²) in [6, 6.07) is 4.56. The predicted octanol–water partition coefficient (Wildman–Crippen LogP) is 3.82. The molecule has 0 spiro atoms. The van der Waals surface area contributed by atoms with Crippen LogP contribution in [0.2, 0.25) is 5.02 Å². The number of halogens is 4. The van der Waals surface area contributed by atoms with Crippen molar-refractivity contribution < 1.29 is 22.8 Å². The number of nitrogens with zero attached hydrogens (tertiary/aromatic N) is 2. The van der Waals surface area contributed by atoms with E-state index in [1.54, 1.807) is 16.3 Å². The van der Waals surface area contributed by atoms with Gasteiger partial charge in [-0.25, -0.2) is 0 Å². The Morgan fingerprint density at radius 1 is 1.14 bits per heavy atom. The van der Waals surface area contributed by atoms with Gasteiger partial charge in [0.1, 0.15) is 0 Å². The number of nitrogens with one attached hydrogen (secondary N) is 1. The van der Waals surface area contributed by atoms with Crippen molar-refractivity contribution >= 4 is 40.4 Å². The van der Waals surface area contributed by atoms with Crippen LogP contribution in [0.1, 0.15) is 15.9 Å². The molecule has 0 unspecified atom stereocenters. The molecule has 1 saturated heterocycles. The molecule has 1 aliphatic rings. The molecule has 1 aromatic heterocycles. The lowest BCUT2D eigenvalue weighted by Gasteiger charge is -2.34. The molecule has 0 atom stereocenters. The summed E-state index contributed by atoms with van der Waals surface area (Å²) in [5, 5.41) is 6.10. The smallest absolute Gasteiger partial charge is 0.336 e. The van der Waals surface area contributed by atoms with E-state index in [4.69, 9.17) is 11.6 Å². The minimum atomic E-state index is -4.52. The number of piperazine rings is 1. The SMILES string of the molecule is O=C(CN1CCN(C(=O)c2ccsc2)CC1)Nc1cc(C(F)(F)F)ccc1Cl. The molecule has 1 aliphatic heterocycles. The second-order valence-electron chi connectivity index (χ2n) is 6.32. The first kappa shape index (κ1) is 20.6. The Bertz CT molecular complexity index is 850. The van der Waals surface area contributed by atoms with Crippen molar-refractivity contribution in [3.05, 3.63) is 51.2 Å². The van der Waals surface area contributed by atoms with E-state index >= 15 is 0 Å². The molecule has 2 heterocycles. The van der Waals surface area contributed by atoms with Crippen molar-refractivity contribution in [2.45, 2.75) is 6.18 Å². The van der Waals surface area contributed by atoms with E-state index in [9.17, 15) is 22.8 Å². The molecule has 2 aromatic rings. The number of hydrogen-bond donors (Lipinski definition) is 1. The summed E-state index contributed by atoms with van der Waals surface area (Å²) < 4.78 is 38.5. The lowest BCUT2D eigenvalue weighted by molar-refractivity contribution is -0.137. The van der Waals surface area contributed by atoms with E-state index in [1.165, 1.54) is 11.3 Å². The third kappa shape index (κ3) is 5.03. The van der Waals surface area contributed by atoms with Crippen LogP contribution < -0.4 is 5.32 Å². The van der Waals surface area contributed by atoms with Crippen LogP contribution >= 0.6 is 22.9 Å². The van der Waals surface area contributed by atoms with Crippen molar-refractivity contribution in [2.24, 2.45) is 0 Å². The Hall–Kier alpha value is -2.10. The molecule has 10 heteroatoms. The Kier molecular flexibility index (Phi) is 6.26. The van der Waals surface area contributed by atoms with E-state index < -0.39 is 17.6 Å². The lowest BCUT2D eigenvalue weighted by atomic mass is 10.2. The molecule has 0 bridgehead atoms. The maximum atomic E-state index is 12.8. The summed E-state index contributed by atoms with van der Waals surface area (Å²) in [4.78, 5) is 28.1. The van der Waals surface area contributed by atoms with E-state index in [0.29, 0.717) is 31.7 Å². The highest BCUT2D eigenvalue weighted by molar-refractivity contribution is 7.08. The van der Waals surface area contributed by atoms with E-state index in [2.05, 4.69) is 5.32 Å². The highest BCUT2D eigenvalue weighted by atomic mass is 35.5. The summed E-state index contributed by atoms with van der Waals surface area (Å²) in [6.45, 7) is 1.96. The van der Waals surface area contributed by atoms with Crippen LogP contribution in [0.25, 0.3) is 0 Å². The molecule has 1 fully saturated rings. The molecular weight excluding hydrogens is 415 g/mol. The second-order valence-corrected chi connectivity index (χ2v) is 7.51. The average Bonchev–Trinajstić information content (AvgIpc) is 3.17. The molecule has 150 valence electrons. The van der Waals surface area contributed by atoms with E-state index in [1.807, 2.05) is 10.3 Å². The van der Waals surface area contributed by atoms with Crippen LogP contribution in [0.3, 0.4) is 0 Å². The Labute approximate surface area is 168 Å². The number of thiophene rings is 1. The molecule has 28 heavy (non-hydrogen) atoms. The average molecular weight is 432 g/mol. The zero-order valence-electron chi connectivity index (χ0n) is 14.6. The first-order chi connectivity index (χ1) is 13.2. The van der Waals surface area contributed by atoms with Gasteiger partial charge in [0.05, 0.1) is 28.4 Å². The molecule has 2 amide bonds. The number of amides is 2. The van der Waals surface area contributed by atoms with Gasteiger partial charge in [0.15, 0.2) is 0 Å². The topological polar surface area (TPSA) is 52.7 Å². The number of anilines is 1. The maximum absolute atomic E-state index is 12.8. The van der Waals surface area contributed by atoms with Gasteiger partial charge in [0.2, 0.25) is 5.91 Å². The second kappa shape index (κ2) is 8.50. The van der Waals surface area contributed by atoms with Crippen molar-refractivity contribution in [3.8, 4) is 0 Å². The van der Waals surface area contributed by atoms with Gasteiger partial charge in [-0.15, -0.1) is 0 Å². The fraction of sp³-hybridized carbons (Fsp3) is 0.333. The summed E-state index contributed by atoms with van der Waals surface area (Å²) in [5.74, 6) is -0.500.